The van der Waals surface area contributed by atoms with Crippen LogP contribution < -0.4 is 11.1 Å². The number of aliphatic carboxylic acids is 1. The fraction of sp³-hybridized carbons (Fsp3) is 0.932. The number of carboxylic acids is 1. The zero-order chi connectivity index (χ0) is 37.5. The largest absolute Gasteiger partial charge is 0.480 e. The van der Waals surface area contributed by atoms with E-state index in [0.717, 1.165) is 64.2 Å². The Labute approximate surface area is 316 Å². The molecule has 7 heteroatoms. The van der Waals surface area contributed by atoms with Gasteiger partial charge >= 0.3 is 11.9 Å². The number of esters is 1. The van der Waals surface area contributed by atoms with Crippen LogP contribution in [0, 0.1) is 0 Å². The van der Waals surface area contributed by atoms with Crippen molar-refractivity contribution in [3.8, 4) is 0 Å². The second-order valence-electron chi connectivity index (χ2n) is 15.5. The number of amides is 1. The molecule has 0 radical (unpaired) electrons. The zero-order valence-corrected chi connectivity index (χ0v) is 34.0. The molecule has 0 aliphatic rings. The van der Waals surface area contributed by atoms with Gasteiger partial charge in [-0.15, -0.1) is 0 Å². The summed E-state index contributed by atoms with van der Waals surface area (Å²) in [7, 11) is 0. The Morgan fingerprint density at radius 2 is 0.843 bits per heavy atom. The lowest BCUT2D eigenvalue weighted by molar-refractivity contribution is -0.150. The Hall–Kier alpha value is -1.63. The number of carbonyl (C=O) groups excluding carboxylic acids is 2. The molecular weight excluding hydrogens is 636 g/mol. The summed E-state index contributed by atoms with van der Waals surface area (Å²) in [6, 6.07) is -0.852. The highest BCUT2D eigenvalue weighted by molar-refractivity contribution is 5.83. The van der Waals surface area contributed by atoms with Gasteiger partial charge in [0.05, 0.1) is 0 Å². The molecule has 2 unspecified atom stereocenters. The van der Waals surface area contributed by atoms with Gasteiger partial charge in [0.15, 0.2) is 0 Å². The molecule has 0 aromatic rings. The van der Waals surface area contributed by atoms with Gasteiger partial charge in [-0.05, 0) is 57.9 Å². The van der Waals surface area contributed by atoms with Gasteiger partial charge in [-0.25, -0.2) is 4.79 Å². The third-order valence-electron chi connectivity index (χ3n) is 10.4. The lowest BCUT2D eigenvalue weighted by Crippen LogP contribution is -2.40. The third kappa shape index (κ3) is 36.5. The number of hydrogen-bond donors (Lipinski definition) is 3. The summed E-state index contributed by atoms with van der Waals surface area (Å²) in [5.41, 5.74) is 5.49. The highest BCUT2D eigenvalue weighted by Crippen LogP contribution is 2.19. The van der Waals surface area contributed by atoms with Gasteiger partial charge in [-0.3, -0.25) is 9.59 Å². The first kappa shape index (κ1) is 49.4. The second-order valence-corrected chi connectivity index (χ2v) is 15.5. The maximum Gasteiger partial charge on any atom is 0.326 e. The highest BCUT2D eigenvalue weighted by atomic mass is 16.5. The molecule has 0 aliphatic carbocycles. The first-order valence-electron chi connectivity index (χ1n) is 22.4. The summed E-state index contributed by atoms with van der Waals surface area (Å²) in [4.78, 5) is 36.4. The monoisotopic (exact) mass is 723 g/mol. The highest BCUT2D eigenvalue weighted by Gasteiger charge is 2.19. The van der Waals surface area contributed by atoms with E-state index in [1.54, 1.807) is 0 Å². The number of ether oxygens (including phenoxy) is 1. The molecule has 2 atom stereocenters. The Morgan fingerprint density at radius 3 is 1.22 bits per heavy atom. The topological polar surface area (TPSA) is 119 Å². The maximum atomic E-state index is 12.8. The van der Waals surface area contributed by atoms with Crippen LogP contribution in [-0.4, -0.2) is 41.6 Å². The Kier molecular flexibility index (Phi) is 38.3. The van der Waals surface area contributed by atoms with E-state index in [4.69, 9.17) is 10.5 Å². The van der Waals surface area contributed by atoms with Crippen molar-refractivity contribution in [2.75, 3.05) is 6.54 Å². The number of carbonyl (C=O) groups is 3. The summed E-state index contributed by atoms with van der Waals surface area (Å²) in [5, 5.41) is 11.9. The number of rotatable bonds is 41. The lowest BCUT2D eigenvalue weighted by Gasteiger charge is -2.18. The molecule has 51 heavy (non-hydrogen) atoms. The minimum atomic E-state index is -1.00. The molecule has 0 aromatic carbocycles. The fourth-order valence-corrected chi connectivity index (χ4v) is 7.04. The van der Waals surface area contributed by atoms with Gasteiger partial charge in [0.2, 0.25) is 5.91 Å². The summed E-state index contributed by atoms with van der Waals surface area (Å²) in [6.45, 7) is 4.96. The number of hydrogen-bond acceptors (Lipinski definition) is 5. The predicted molar refractivity (Wildman–Crippen MR) is 216 cm³/mol. The van der Waals surface area contributed by atoms with Crippen molar-refractivity contribution in [3.63, 3.8) is 0 Å². The van der Waals surface area contributed by atoms with Gasteiger partial charge in [-0.2, -0.15) is 0 Å². The number of unbranched alkanes of at least 4 members (excludes halogenated alkanes) is 27. The van der Waals surface area contributed by atoms with Crippen molar-refractivity contribution in [1.29, 1.82) is 0 Å². The van der Waals surface area contributed by atoms with E-state index < -0.39 is 12.0 Å². The smallest absolute Gasteiger partial charge is 0.326 e. The van der Waals surface area contributed by atoms with Gasteiger partial charge in [0.25, 0.3) is 0 Å². The molecule has 1 amide bonds. The SMILES string of the molecule is CCCCCCCCCCCCCCCC(=O)OC(CCCCCCCCCCCCCC)CCCCCCCC(=O)NC(CCCN)C(=O)O. The number of carboxylic acid groups (broad SMARTS) is 1. The lowest BCUT2D eigenvalue weighted by atomic mass is 10.0. The van der Waals surface area contributed by atoms with E-state index in [-0.39, 0.29) is 18.0 Å². The van der Waals surface area contributed by atoms with E-state index in [2.05, 4.69) is 19.2 Å². The maximum absolute atomic E-state index is 12.8. The van der Waals surface area contributed by atoms with E-state index in [1.807, 2.05) is 0 Å². The molecule has 7 nitrogen and oxygen atoms in total. The molecule has 0 spiro atoms. The zero-order valence-electron chi connectivity index (χ0n) is 34.0. The molecule has 0 fully saturated rings. The van der Waals surface area contributed by atoms with Crippen LogP contribution in [0.25, 0.3) is 0 Å². The molecule has 0 aromatic heterocycles. The molecule has 0 heterocycles. The Bertz CT molecular complexity index is 777. The standard InChI is InChI=1S/C44H86N2O5/c1-3-5-7-9-11-13-15-17-19-21-23-28-32-38-43(48)51-40(34-29-25-22-20-18-16-14-12-10-8-6-4-2)35-30-26-24-27-31-37-42(47)46-41(44(49)50)36-33-39-45/h40-41H,3-39,45H2,1-2H3,(H,46,47)(H,49,50). The van der Waals surface area contributed by atoms with Crippen LogP contribution in [-0.2, 0) is 19.1 Å². The predicted octanol–water partition coefficient (Wildman–Crippen LogP) is 12.5. The Morgan fingerprint density at radius 1 is 0.490 bits per heavy atom. The van der Waals surface area contributed by atoms with Crippen molar-refractivity contribution >= 4 is 17.8 Å². The summed E-state index contributed by atoms with van der Waals surface area (Å²) < 4.78 is 6.05. The van der Waals surface area contributed by atoms with E-state index in [9.17, 15) is 19.5 Å². The van der Waals surface area contributed by atoms with Crippen molar-refractivity contribution in [3.05, 3.63) is 0 Å². The molecular formula is C44H86N2O5. The first-order chi connectivity index (χ1) is 24.9. The first-order valence-corrected chi connectivity index (χ1v) is 22.4. The summed E-state index contributed by atoms with van der Waals surface area (Å²) >= 11 is 0. The van der Waals surface area contributed by atoms with E-state index >= 15 is 0 Å². The molecule has 0 saturated heterocycles. The number of nitrogens with two attached hydrogens (primary N) is 1. The third-order valence-corrected chi connectivity index (χ3v) is 10.4. The van der Waals surface area contributed by atoms with Gasteiger partial charge in [0.1, 0.15) is 12.1 Å². The van der Waals surface area contributed by atoms with Crippen molar-refractivity contribution < 1.29 is 24.2 Å². The van der Waals surface area contributed by atoms with Crippen LogP contribution in [0.3, 0.4) is 0 Å². The molecule has 0 saturated carbocycles. The van der Waals surface area contributed by atoms with Crippen LogP contribution in [0.15, 0.2) is 0 Å². The summed E-state index contributed by atoms with van der Waals surface area (Å²) in [5.74, 6) is -1.21. The summed E-state index contributed by atoms with van der Waals surface area (Å²) in [6.07, 6.45) is 41.4. The van der Waals surface area contributed by atoms with Gasteiger partial charge < -0.3 is 20.9 Å². The average Bonchev–Trinajstić information content (AvgIpc) is 3.11. The quantitative estimate of drug-likeness (QED) is 0.0427. The van der Waals surface area contributed by atoms with Crippen LogP contribution in [0.1, 0.15) is 245 Å². The van der Waals surface area contributed by atoms with Crippen LogP contribution in [0.4, 0.5) is 0 Å². The van der Waals surface area contributed by atoms with Gasteiger partial charge in [0, 0.05) is 12.8 Å². The number of nitrogens with one attached hydrogen (secondary N) is 1. The minimum absolute atomic E-state index is 0.0147. The van der Waals surface area contributed by atoms with E-state index in [1.165, 1.54) is 141 Å². The van der Waals surface area contributed by atoms with E-state index in [0.29, 0.717) is 32.2 Å². The van der Waals surface area contributed by atoms with Crippen molar-refractivity contribution in [2.24, 2.45) is 5.73 Å². The van der Waals surface area contributed by atoms with Crippen molar-refractivity contribution in [2.45, 2.75) is 257 Å². The Balaban J connectivity index is 4.27. The molecule has 0 bridgehead atoms. The second kappa shape index (κ2) is 39.6. The minimum Gasteiger partial charge on any atom is -0.480 e. The van der Waals surface area contributed by atoms with Crippen LogP contribution in [0.5, 0.6) is 0 Å². The molecule has 4 N–H and O–H groups in total. The molecule has 0 rings (SSSR count). The molecule has 302 valence electrons. The average molecular weight is 723 g/mol. The fourth-order valence-electron chi connectivity index (χ4n) is 7.04. The van der Waals surface area contributed by atoms with Crippen LogP contribution in [0.2, 0.25) is 0 Å². The normalized spacial score (nSPS) is 12.5. The van der Waals surface area contributed by atoms with Crippen molar-refractivity contribution in [1.82, 2.24) is 5.32 Å². The van der Waals surface area contributed by atoms with Gasteiger partial charge in [-0.1, -0.05) is 181 Å². The van der Waals surface area contributed by atoms with Crippen LogP contribution >= 0.6 is 0 Å². The molecule has 0 aliphatic heterocycles.